The van der Waals surface area contributed by atoms with Crippen LogP contribution in [0.1, 0.15) is 30.0 Å². The standard InChI is InChI=1S/C28H27ClFNO/c1-20(11-12-21-7-3-2-4-8-21)31-18-26-25-10-6-5-9-22(25)14-16-28(26)32-19-23-13-15-24(30)17-27(23)29/h2-10,13-17,20,31H,11-12,18-19H2,1H3/t20-/m0/s1. The van der Waals surface area contributed by atoms with E-state index in [2.05, 4.69) is 54.7 Å². The van der Waals surface area contributed by atoms with Crippen LogP contribution in [0.5, 0.6) is 5.75 Å². The van der Waals surface area contributed by atoms with Gasteiger partial charge in [0.2, 0.25) is 0 Å². The largest absolute Gasteiger partial charge is 0.488 e. The lowest BCUT2D eigenvalue weighted by Gasteiger charge is -2.18. The van der Waals surface area contributed by atoms with Crippen molar-refractivity contribution in [3.05, 3.63) is 112 Å². The molecule has 1 N–H and O–H groups in total. The topological polar surface area (TPSA) is 21.3 Å². The minimum Gasteiger partial charge on any atom is -0.488 e. The summed E-state index contributed by atoms with van der Waals surface area (Å²) >= 11 is 6.19. The Kier molecular flexibility index (Phi) is 7.41. The van der Waals surface area contributed by atoms with Gasteiger partial charge in [0.15, 0.2) is 0 Å². The van der Waals surface area contributed by atoms with Crippen LogP contribution < -0.4 is 10.1 Å². The van der Waals surface area contributed by atoms with Crippen molar-refractivity contribution in [1.82, 2.24) is 5.32 Å². The summed E-state index contributed by atoms with van der Waals surface area (Å²) in [5.74, 6) is 0.464. The predicted octanol–water partition coefficient (Wildman–Crippen LogP) is 7.32. The first kappa shape index (κ1) is 22.3. The van der Waals surface area contributed by atoms with E-state index in [0.717, 1.165) is 35.1 Å². The van der Waals surface area contributed by atoms with Crippen molar-refractivity contribution in [1.29, 1.82) is 0 Å². The first-order chi connectivity index (χ1) is 15.6. The van der Waals surface area contributed by atoms with Crippen molar-refractivity contribution in [2.24, 2.45) is 0 Å². The molecule has 4 aromatic carbocycles. The first-order valence-corrected chi connectivity index (χ1v) is 11.3. The van der Waals surface area contributed by atoms with E-state index in [4.69, 9.17) is 16.3 Å². The summed E-state index contributed by atoms with van der Waals surface area (Å²) < 4.78 is 19.5. The zero-order chi connectivity index (χ0) is 22.3. The van der Waals surface area contributed by atoms with Crippen LogP contribution in [0.2, 0.25) is 5.02 Å². The molecule has 4 heteroatoms. The van der Waals surface area contributed by atoms with Gasteiger partial charge in [-0.1, -0.05) is 78.3 Å². The minimum absolute atomic E-state index is 0.286. The fraction of sp³-hybridized carbons (Fsp3) is 0.214. The molecule has 0 saturated heterocycles. The highest BCUT2D eigenvalue weighted by molar-refractivity contribution is 6.31. The molecule has 32 heavy (non-hydrogen) atoms. The van der Waals surface area contributed by atoms with E-state index in [1.807, 2.05) is 24.3 Å². The van der Waals surface area contributed by atoms with Crippen LogP contribution in [0, 0.1) is 5.82 Å². The van der Waals surface area contributed by atoms with Crippen LogP contribution in [-0.2, 0) is 19.6 Å². The van der Waals surface area contributed by atoms with Crippen LogP contribution in [-0.4, -0.2) is 6.04 Å². The molecule has 164 valence electrons. The third kappa shape index (κ3) is 5.67. The Bertz CT molecular complexity index is 1180. The highest BCUT2D eigenvalue weighted by atomic mass is 35.5. The summed E-state index contributed by atoms with van der Waals surface area (Å²) in [5, 5.41) is 6.38. The minimum atomic E-state index is -0.348. The molecule has 4 aromatic rings. The monoisotopic (exact) mass is 447 g/mol. The van der Waals surface area contributed by atoms with Crippen molar-refractivity contribution < 1.29 is 9.13 Å². The molecule has 1 atom stereocenters. The smallest absolute Gasteiger partial charge is 0.124 e. The Morgan fingerprint density at radius 1 is 0.938 bits per heavy atom. The third-order valence-electron chi connectivity index (χ3n) is 5.73. The maximum Gasteiger partial charge on any atom is 0.124 e. The number of nitrogens with one attached hydrogen (secondary N) is 1. The van der Waals surface area contributed by atoms with Gasteiger partial charge in [-0.25, -0.2) is 4.39 Å². The molecular formula is C28H27ClFNO. The molecule has 0 bridgehead atoms. The zero-order valence-corrected chi connectivity index (χ0v) is 18.9. The Balaban J connectivity index is 1.48. The lowest BCUT2D eigenvalue weighted by Crippen LogP contribution is -2.26. The lowest BCUT2D eigenvalue weighted by atomic mass is 10.0. The van der Waals surface area contributed by atoms with Gasteiger partial charge < -0.3 is 10.1 Å². The van der Waals surface area contributed by atoms with Crippen LogP contribution in [0.4, 0.5) is 4.39 Å². The van der Waals surface area contributed by atoms with E-state index >= 15 is 0 Å². The van der Waals surface area contributed by atoms with Gasteiger partial charge in [0.1, 0.15) is 18.2 Å². The molecule has 4 rings (SSSR count). The van der Waals surface area contributed by atoms with Gasteiger partial charge in [-0.2, -0.15) is 0 Å². The SMILES string of the molecule is C[C@@H](CCc1ccccc1)NCc1c(OCc2ccc(F)cc2Cl)ccc2ccccc12. The number of hydrogen-bond donors (Lipinski definition) is 1. The molecule has 2 nitrogen and oxygen atoms in total. The van der Waals surface area contributed by atoms with Gasteiger partial charge in [-0.15, -0.1) is 0 Å². The predicted molar refractivity (Wildman–Crippen MR) is 131 cm³/mol. The van der Waals surface area contributed by atoms with Gasteiger partial charge >= 0.3 is 0 Å². The molecule has 0 saturated carbocycles. The van der Waals surface area contributed by atoms with Gasteiger partial charge in [-0.05, 0) is 54.3 Å². The molecule has 0 fully saturated rings. The highest BCUT2D eigenvalue weighted by Gasteiger charge is 2.12. The second kappa shape index (κ2) is 10.6. The lowest BCUT2D eigenvalue weighted by molar-refractivity contribution is 0.302. The fourth-order valence-electron chi connectivity index (χ4n) is 3.83. The number of halogens is 2. The molecule has 0 spiro atoms. The van der Waals surface area contributed by atoms with E-state index in [-0.39, 0.29) is 12.4 Å². The van der Waals surface area contributed by atoms with Crippen LogP contribution in [0.15, 0.2) is 84.9 Å². The zero-order valence-electron chi connectivity index (χ0n) is 18.2. The summed E-state index contributed by atoms with van der Waals surface area (Å²) in [6, 6.07) is 27.7. The maximum atomic E-state index is 13.4. The van der Waals surface area contributed by atoms with E-state index in [1.54, 1.807) is 6.07 Å². The first-order valence-electron chi connectivity index (χ1n) is 10.9. The Hall–Kier alpha value is -2.88. The number of aryl methyl sites for hydroxylation is 1. The highest BCUT2D eigenvalue weighted by Crippen LogP contribution is 2.30. The molecule has 0 amide bonds. The van der Waals surface area contributed by atoms with Gasteiger partial charge in [0.25, 0.3) is 0 Å². The summed E-state index contributed by atoms with van der Waals surface area (Å²) in [4.78, 5) is 0. The molecule has 0 aliphatic heterocycles. The van der Waals surface area contributed by atoms with Crippen molar-refractivity contribution >= 4 is 22.4 Å². The number of ether oxygens (including phenoxy) is 1. The van der Waals surface area contributed by atoms with E-state index in [9.17, 15) is 4.39 Å². The van der Waals surface area contributed by atoms with E-state index in [1.165, 1.54) is 23.1 Å². The molecule has 0 aliphatic rings. The van der Waals surface area contributed by atoms with Crippen LogP contribution in [0.3, 0.4) is 0 Å². The van der Waals surface area contributed by atoms with Gasteiger partial charge in [0, 0.05) is 23.7 Å². The number of hydrogen-bond acceptors (Lipinski definition) is 2. The number of fused-ring (bicyclic) bond motifs is 1. The quantitative estimate of drug-likeness (QED) is 0.290. The second-order valence-corrected chi connectivity index (χ2v) is 8.50. The maximum absolute atomic E-state index is 13.4. The third-order valence-corrected chi connectivity index (χ3v) is 6.08. The molecule has 0 heterocycles. The van der Waals surface area contributed by atoms with Crippen LogP contribution >= 0.6 is 11.6 Å². The number of rotatable bonds is 9. The Morgan fingerprint density at radius 2 is 1.72 bits per heavy atom. The fourth-order valence-corrected chi connectivity index (χ4v) is 4.06. The average molecular weight is 448 g/mol. The molecule has 0 unspecified atom stereocenters. The number of benzene rings is 4. The summed E-state index contributed by atoms with van der Waals surface area (Å²) in [6.45, 7) is 3.20. The van der Waals surface area contributed by atoms with Crippen molar-refractivity contribution in [3.8, 4) is 5.75 Å². The Labute approximate surface area is 194 Å². The molecule has 0 radical (unpaired) electrons. The summed E-state index contributed by atoms with van der Waals surface area (Å²) in [6.07, 6.45) is 2.09. The van der Waals surface area contributed by atoms with E-state index < -0.39 is 0 Å². The average Bonchev–Trinajstić information content (AvgIpc) is 2.81. The molecule has 0 aliphatic carbocycles. The summed E-state index contributed by atoms with van der Waals surface area (Å²) in [5.41, 5.74) is 3.23. The van der Waals surface area contributed by atoms with Gasteiger partial charge in [-0.3, -0.25) is 0 Å². The van der Waals surface area contributed by atoms with E-state index in [0.29, 0.717) is 17.6 Å². The van der Waals surface area contributed by atoms with Gasteiger partial charge in [0.05, 0.1) is 5.02 Å². The second-order valence-electron chi connectivity index (χ2n) is 8.09. The molecular weight excluding hydrogens is 421 g/mol. The Morgan fingerprint density at radius 3 is 2.53 bits per heavy atom. The summed E-state index contributed by atoms with van der Waals surface area (Å²) in [7, 11) is 0. The van der Waals surface area contributed by atoms with Crippen molar-refractivity contribution in [2.75, 3.05) is 0 Å². The van der Waals surface area contributed by atoms with Crippen LogP contribution in [0.25, 0.3) is 10.8 Å². The normalized spacial score (nSPS) is 12.1. The van der Waals surface area contributed by atoms with Crippen molar-refractivity contribution in [2.45, 2.75) is 39.0 Å². The van der Waals surface area contributed by atoms with Crippen molar-refractivity contribution in [3.63, 3.8) is 0 Å². The molecule has 0 aromatic heterocycles.